The molecule has 3 amide bonds. The van der Waals surface area contributed by atoms with Crippen LogP contribution in [0.5, 0.6) is 5.75 Å². The van der Waals surface area contributed by atoms with Gasteiger partial charge in [-0.1, -0.05) is 42.0 Å². The van der Waals surface area contributed by atoms with Gasteiger partial charge in [0.1, 0.15) is 29.5 Å². The molecule has 3 N–H and O–H groups in total. The van der Waals surface area contributed by atoms with E-state index < -0.39 is 35.5 Å². The maximum absolute atomic E-state index is 13.8. The highest BCUT2D eigenvalue weighted by atomic mass is 16.6. The predicted octanol–water partition coefficient (Wildman–Crippen LogP) is 1.08. The second-order valence-electron chi connectivity index (χ2n) is 11.0. The van der Waals surface area contributed by atoms with E-state index in [1.165, 1.54) is 0 Å². The molecule has 4 atom stereocenters. The molecular weight excluding hydrogens is 540 g/mol. The molecule has 0 saturated carbocycles. The van der Waals surface area contributed by atoms with Crippen LogP contribution in [0.1, 0.15) is 36.6 Å². The Bertz CT molecular complexity index is 1260. The number of nitrogens with one attached hydrogen (secondary N) is 3. The molecule has 2 aliphatic heterocycles. The molecule has 2 aromatic rings. The summed E-state index contributed by atoms with van der Waals surface area (Å²) >= 11 is 0. The second-order valence-corrected chi connectivity index (χ2v) is 11.0. The van der Waals surface area contributed by atoms with Gasteiger partial charge in [0.15, 0.2) is 5.78 Å². The number of aryl methyl sites for hydroxylation is 1. The molecule has 0 aromatic heterocycles. The Morgan fingerprint density at radius 2 is 1.60 bits per heavy atom. The van der Waals surface area contributed by atoms with E-state index in [0.717, 1.165) is 11.1 Å². The van der Waals surface area contributed by atoms with Crippen molar-refractivity contribution < 1.29 is 33.4 Å². The van der Waals surface area contributed by atoms with Gasteiger partial charge >= 0.3 is 0 Å². The summed E-state index contributed by atoms with van der Waals surface area (Å²) in [6.45, 7) is 8.03. The minimum Gasteiger partial charge on any atom is -0.497 e. The zero-order valence-corrected chi connectivity index (χ0v) is 24.6. The SMILES string of the molecule is COc1ccc(C[C@H](NC(=O)[C@H](C)NC(=O)CN2CCOCC2)C(=O)N[C@H](C(=O)[C@@]2(C)CO2)c2ccc(C)cc2)cc1. The molecule has 11 heteroatoms. The van der Waals surface area contributed by atoms with Crippen molar-refractivity contribution in [3.05, 3.63) is 65.2 Å². The van der Waals surface area contributed by atoms with Crippen LogP contribution in [0.2, 0.25) is 0 Å². The van der Waals surface area contributed by atoms with Crippen LogP contribution in [0.25, 0.3) is 0 Å². The number of hydrogen-bond acceptors (Lipinski definition) is 8. The summed E-state index contributed by atoms with van der Waals surface area (Å²) < 4.78 is 15.9. The number of nitrogens with zero attached hydrogens (tertiary/aromatic N) is 1. The number of morpholine rings is 1. The second kappa shape index (κ2) is 13.9. The van der Waals surface area contributed by atoms with Crippen LogP contribution in [0.3, 0.4) is 0 Å². The lowest BCUT2D eigenvalue weighted by molar-refractivity contribution is -0.134. The average molecular weight is 581 g/mol. The molecule has 2 fully saturated rings. The van der Waals surface area contributed by atoms with Crippen molar-refractivity contribution in [3.63, 3.8) is 0 Å². The Hall–Kier alpha value is -3.80. The Kier molecular flexibility index (Phi) is 10.3. The number of ether oxygens (including phenoxy) is 3. The van der Waals surface area contributed by atoms with E-state index in [1.54, 1.807) is 57.4 Å². The summed E-state index contributed by atoms with van der Waals surface area (Å²) in [6.07, 6.45) is 0.151. The summed E-state index contributed by atoms with van der Waals surface area (Å²) in [7, 11) is 1.56. The van der Waals surface area contributed by atoms with Crippen molar-refractivity contribution >= 4 is 23.5 Å². The van der Waals surface area contributed by atoms with Crippen molar-refractivity contribution in [2.24, 2.45) is 0 Å². The minimum atomic E-state index is -1.03. The Morgan fingerprint density at radius 3 is 2.19 bits per heavy atom. The third-order valence-corrected chi connectivity index (χ3v) is 7.53. The van der Waals surface area contributed by atoms with Gasteiger partial charge in [-0.05, 0) is 44.0 Å². The highest BCUT2D eigenvalue weighted by Gasteiger charge is 2.50. The lowest BCUT2D eigenvalue weighted by Gasteiger charge is -2.27. The Morgan fingerprint density at radius 1 is 0.952 bits per heavy atom. The highest BCUT2D eigenvalue weighted by Crippen LogP contribution is 2.33. The smallest absolute Gasteiger partial charge is 0.243 e. The number of amides is 3. The van der Waals surface area contributed by atoms with Crippen LogP contribution in [0.15, 0.2) is 48.5 Å². The number of epoxide rings is 1. The molecule has 0 radical (unpaired) electrons. The van der Waals surface area contributed by atoms with E-state index >= 15 is 0 Å². The van der Waals surface area contributed by atoms with Gasteiger partial charge in [0.05, 0.1) is 33.5 Å². The first-order valence-electron chi connectivity index (χ1n) is 14.2. The summed E-state index contributed by atoms with van der Waals surface area (Å²) in [5.74, 6) is -0.955. The van der Waals surface area contributed by atoms with E-state index in [9.17, 15) is 19.2 Å². The molecule has 0 spiro atoms. The molecule has 226 valence electrons. The molecule has 2 aromatic carbocycles. The Balaban J connectivity index is 1.49. The van der Waals surface area contributed by atoms with Crippen molar-refractivity contribution in [1.29, 1.82) is 0 Å². The molecule has 0 unspecified atom stereocenters. The lowest BCUT2D eigenvalue weighted by Crippen LogP contribution is -2.55. The molecule has 2 heterocycles. The molecule has 42 heavy (non-hydrogen) atoms. The molecule has 0 bridgehead atoms. The number of methoxy groups -OCH3 is 1. The fraction of sp³-hybridized carbons (Fsp3) is 0.484. The average Bonchev–Trinajstić information content (AvgIpc) is 3.74. The van der Waals surface area contributed by atoms with E-state index in [4.69, 9.17) is 14.2 Å². The number of ketones is 1. The summed E-state index contributed by atoms with van der Waals surface area (Å²) in [5, 5.41) is 8.37. The monoisotopic (exact) mass is 580 g/mol. The zero-order chi connectivity index (χ0) is 30.3. The summed E-state index contributed by atoms with van der Waals surface area (Å²) in [6, 6.07) is 11.6. The fourth-order valence-corrected chi connectivity index (χ4v) is 4.68. The molecule has 2 aliphatic rings. The topological polar surface area (TPSA) is 139 Å². The van der Waals surface area contributed by atoms with Gasteiger partial charge in [0, 0.05) is 19.5 Å². The first kappa shape index (κ1) is 31.1. The predicted molar refractivity (Wildman–Crippen MR) is 155 cm³/mol. The van der Waals surface area contributed by atoms with E-state index in [2.05, 4.69) is 16.0 Å². The fourth-order valence-electron chi connectivity index (χ4n) is 4.68. The van der Waals surface area contributed by atoms with Gasteiger partial charge in [-0.15, -0.1) is 0 Å². The quantitative estimate of drug-likeness (QED) is 0.299. The van der Waals surface area contributed by atoms with Crippen molar-refractivity contribution in [2.75, 3.05) is 46.6 Å². The maximum atomic E-state index is 13.8. The number of carbonyl (C=O) groups excluding carboxylic acids is 4. The van der Waals surface area contributed by atoms with Crippen LogP contribution in [-0.4, -0.2) is 92.7 Å². The van der Waals surface area contributed by atoms with Gasteiger partial charge < -0.3 is 30.2 Å². The Labute approximate surface area is 246 Å². The molecule has 0 aliphatic carbocycles. The van der Waals surface area contributed by atoms with Gasteiger partial charge in [-0.2, -0.15) is 0 Å². The van der Waals surface area contributed by atoms with Gasteiger partial charge in [-0.3, -0.25) is 24.1 Å². The number of rotatable bonds is 13. The molecule has 11 nitrogen and oxygen atoms in total. The van der Waals surface area contributed by atoms with Crippen LogP contribution < -0.4 is 20.7 Å². The molecular formula is C31H40N4O7. The lowest BCUT2D eigenvalue weighted by atomic mass is 9.93. The molecule has 4 rings (SSSR count). The van der Waals surface area contributed by atoms with Crippen molar-refractivity contribution in [1.82, 2.24) is 20.9 Å². The standard InChI is InChI=1S/C31H40N4O7/c1-20-5-9-23(10-6-20)27(28(37)31(3)19-42-31)34-30(39)25(17-22-7-11-24(40-4)12-8-22)33-29(38)21(2)32-26(36)18-35-13-15-41-16-14-35/h5-12,21,25,27H,13-19H2,1-4H3,(H,32,36)(H,33,38)(H,34,39)/t21-,25-,27-,31+/m0/s1. The first-order chi connectivity index (χ1) is 20.1. The maximum Gasteiger partial charge on any atom is 0.243 e. The van der Waals surface area contributed by atoms with E-state index in [-0.39, 0.29) is 31.3 Å². The third kappa shape index (κ3) is 8.37. The van der Waals surface area contributed by atoms with Crippen LogP contribution >= 0.6 is 0 Å². The number of benzene rings is 2. The van der Waals surface area contributed by atoms with Gasteiger partial charge in [0.25, 0.3) is 0 Å². The summed E-state index contributed by atoms with van der Waals surface area (Å²) in [4.78, 5) is 54.9. The van der Waals surface area contributed by atoms with E-state index in [1.807, 2.05) is 24.0 Å². The molecule has 2 saturated heterocycles. The van der Waals surface area contributed by atoms with Crippen LogP contribution in [0.4, 0.5) is 0 Å². The number of carbonyl (C=O) groups is 4. The van der Waals surface area contributed by atoms with Crippen LogP contribution in [-0.2, 0) is 35.1 Å². The number of hydrogen-bond donors (Lipinski definition) is 3. The summed E-state index contributed by atoms with van der Waals surface area (Å²) in [5.41, 5.74) is 1.43. The number of Topliss-reactive ketones (excluding diaryl/α,β-unsaturated/α-hetero) is 1. The van der Waals surface area contributed by atoms with Gasteiger partial charge in [-0.25, -0.2) is 0 Å². The van der Waals surface area contributed by atoms with Gasteiger partial charge in [0.2, 0.25) is 17.7 Å². The zero-order valence-electron chi connectivity index (χ0n) is 24.6. The highest BCUT2D eigenvalue weighted by molar-refractivity contribution is 5.99. The normalized spacial score (nSPS) is 20.5. The first-order valence-corrected chi connectivity index (χ1v) is 14.2. The minimum absolute atomic E-state index is 0.151. The van der Waals surface area contributed by atoms with Crippen molar-refractivity contribution in [2.45, 2.75) is 50.9 Å². The van der Waals surface area contributed by atoms with E-state index in [0.29, 0.717) is 37.6 Å². The largest absolute Gasteiger partial charge is 0.497 e. The van der Waals surface area contributed by atoms with Crippen molar-refractivity contribution in [3.8, 4) is 5.75 Å². The van der Waals surface area contributed by atoms with Crippen LogP contribution in [0, 0.1) is 6.92 Å². The third-order valence-electron chi connectivity index (χ3n) is 7.53.